The van der Waals surface area contributed by atoms with Gasteiger partial charge in [0.25, 0.3) is 0 Å². The van der Waals surface area contributed by atoms with Crippen LogP contribution >= 0.6 is 12.8 Å². The molecule has 1 aromatic rings. The van der Waals surface area contributed by atoms with E-state index in [1.54, 1.807) is 13.3 Å². The molecule has 5 heteroatoms. The summed E-state index contributed by atoms with van der Waals surface area (Å²) in [7, 11) is 1.61. The molecule has 0 aliphatic heterocycles. The number of hydrogen-bond donors (Lipinski definition) is 1. The van der Waals surface area contributed by atoms with E-state index in [0.29, 0.717) is 6.54 Å². The number of carbonyl (C=O) groups excluding carboxylic acids is 1. The van der Waals surface area contributed by atoms with Crippen LogP contribution in [0.5, 0.6) is 5.75 Å². The lowest BCUT2D eigenvalue weighted by Crippen LogP contribution is -2.17. The van der Waals surface area contributed by atoms with Crippen LogP contribution in [0.2, 0.25) is 0 Å². The fourth-order valence-corrected chi connectivity index (χ4v) is 1.46. The van der Waals surface area contributed by atoms with E-state index < -0.39 is 0 Å². The highest BCUT2D eigenvalue weighted by molar-refractivity contribution is 7.78. The second-order valence-electron chi connectivity index (χ2n) is 3.41. The summed E-state index contributed by atoms with van der Waals surface area (Å²) in [6.07, 6.45) is 2.30. The Labute approximate surface area is 107 Å². The number of nitrogens with zero attached hydrogens (tertiary/aromatic N) is 2. The number of benzene rings is 1. The molecule has 0 atom stereocenters. The molecule has 0 aliphatic rings. The van der Waals surface area contributed by atoms with Crippen molar-refractivity contribution >= 4 is 25.1 Å². The molecule has 1 aromatic carbocycles. The zero-order valence-corrected chi connectivity index (χ0v) is 10.9. The molecule has 0 heterocycles. The van der Waals surface area contributed by atoms with Crippen LogP contribution in [-0.2, 0) is 6.54 Å². The maximum Gasteiger partial charge on any atom is 0.353 e. The van der Waals surface area contributed by atoms with Crippen molar-refractivity contribution in [2.75, 3.05) is 7.11 Å². The molecule has 1 rings (SSSR count). The first kappa shape index (κ1) is 13.6. The van der Waals surface area contributed by atoms with Gasteiger partial charge in [-0.3, -0.25) is 4.31 Å². The first-order valence-electron chi connectivity index (χ1n) is 5.33. The van der Waals surface area contributed by atoms with Crippen molar-refractivity contribution in [2.24, 2.45) is 4.99 Å². The minimum atomic E-state index is -0.363. The van der Waals surface area contributed by atoms with Gasteiger partial charge in [0.15, 0.2) is 0 Å². The zero-order valence-electron chi connectivity index (χ0n) is 9.96. The monoisotopic (exact) mass is 252 g/mol. The van der Waals surface area contributed by atoms with Crippen LogP contribution in [0.25, 0.3) is 0 Å². The molecule has 2 amide bonds. The van der Waals surface area contributed by atoms with Gasteiger partial charge in [-0.2, -0.15) is 0 Å². The summed E-state index contributed by atoms with van der Waals surface area (Å²) in [5.41, 5.74) is 0.944. The van der Waals surface area contributed by atoms with Crippen LogP contribution in [-0.4, -0.2) is 23.7 Å². The number of carbonyl (C=O) groups is 1. The van der Waals surface area contributed by atoms with Gasteiger partial charge in [0.1, 0.15) is 5.75 Å². The molecule has 0 radical (unpaired) electrons. The standard InChI is InChI=1S/C12H16N2O2S/c1-3-7-13-12(15)14(17)9-10-5-4-6-11(8-10)16-2/h4-8,17H,3,9H2,1-2H3. The molecule has 0 unspecified atom stereocenters. The van der Waals surface area contributed by atoms with E-state index in [1.807, 2.05) is 31.2 Å². The molecule has 4 nitrogen and oxygen atoms in total. The summed E-state index contributed by atoms with van der Waals surface area (Å²) >= 11 is 4.10. The number of methoxy groups -OCH3 is 1. The summed E-state index contributed by atoms with van der Waals surface area (Å²) < 4.78 is 6.37. The van der Waals surface area contributed by atoms with Crippen molar-refractivity contribution in [3.8, 4) is 5.75 Å². The largest absolute Gasteiger partial charge is 0.497 e. The molecule has 0 aromatic heterocycles. The average Bonchev–Trinajstić information content (AvgIpc) is 2.36. The molecule has 0 fully saturated rings. The van der Waals surface area contributed by atoms with Crippen LogP contribution in [0, 0.1) is 0 Å². The summed E-state index contributed by atoms with van der Waals surface area (Å²) in [5, 5.41) is 0. The Morgan fingerprint density at radius 1 is 1.59 bits per heavy atom. The smallest absolute Gasteiger partial charge is 0.353 e. The second kappa shape index (κ2) is 6.96. The van der Waals surface area contributed by atoms with Crippen LogP contribution in [0.4, 0.5) is 4.79 Å². The molecule has 0 saturated carbocycles. The van der Waals surface area contributed by atoms with Gasteiger partial charge < -0.3 is 4.74 Å². The summed E-state index contributed by atoms with van der Waals surface area (Å²) in [5.74, 6) is 0.758. The predicted molar refractivity (Wildman–Crippen MR) is 71.7 cm³/mol. The highest BCUT2D eigenvalue weighted by Crippen LogP contribution is 2.15. The van der Waals surface area contributed by atoms with Crippen molar-refractivity contribution < 1.29 is 9.53 Å². The van der Waals surface area contributed by atoms with Gasteiger partial charge in [0, 0.05) is 6.21 Å². The number of urea groups is 1. The quantitative estimate of drug-likeness (QED) is 0.661. The van der Waals surface area contributed by atoms with Gasteiger partial charge in [-0.05, 0) is 24.1 Å². The summed E-state index contributed by atoms with van der Waals surface area (Å²) in [6.45, 7) is 2.31. The van der Waals surface area contributed by atoms with E-state index in [-0.39, 0.29) is 6.03 Å². The Morgan fingerprint density at radius 2 is 2.35 bits per heavy atom. The predicted octanol–water partition coefficient (Wildman–Crippen LogP) is 2.94. The molecule has 0 aliphatic carbocycles. The molecule has 0 bridgehead atoms. The lowest BCUT2D eigenvalue weighted by molar-refractivity contribution is 0.235. The van der Waals surface area contributed by atoms with Crippen LogP contribution < -0.4 is 4.74 Å². The van der Waals surface area contributed by atoms with E-state index in [0.717, 1.165) is 17.7 Å². The summed E-state index contributed by atoms with van der Waals surface area (Å²) in [6, 6.07) is 7.12. The minimum Gasteiger partial charge on any atom is -0.497 e. The summed E-state index contributed by atoms with van der Waals surface area (Å²) in [4.78, 5) is 15.2. The maximum atomic E-state index is 11.5. The van der Waals surface area contributed by atoms with Crippen LogP contribution in [0.1, 0.15) is 18.9 Å². The van der Waals surface area contributed by atoms with Crippen molar-refractivity contribution in [2.45, 2.75) is 19.9 Å². The Hall–Kier alpha value is -1.49. The van der Waals surface area contributed by atoms with Gasteiger partial charge in [-0.25, -0.2) is 9.79 Å². The van der Waals surface area contributed by atoms with Gasteiger partial charge in [-0.1, -0.05) is 31.9 Å². The third-order valence-electron chi connectivity index (χ3n) is 2.07. The van der Waals surface area contributed by atoms with Crippen LogP contribution in [0.15, 0.2) is 29.3 Å². The molecule has 0 spiro atoms. The van der Waals surface area contributed by atoms with Gasteiger partial charge in [0.05, 0.1) is 13.7 Å². The molecule has 17 heavy (non-hydrogen) atoms. The number of rotatable bonds is 4. The third kappa shape index (κ3) is 4.48. The lowest BCUT2D eigenvalue weighted by Gasteiger charge is -2.13. The number of ether oxygens (including phenoxy) is 1. The highest BCUT2D eigenvalue weighted by atomic mass is 32.1. The van der Waals surface area contributed by atoms with Crippen molar-refractivity contribution in [1.82, 2.24) is 4.31 Å². The third-order valence-corrected chi connectivity index (χ3v) is 2.38. The Bertz CT molecular complexity index is 407. The van der Waals surface area contributed by atoms with Crippen molar-refractivity contribution in [3.63, 3.8) is 0 Å². The molecule has 92 valence electrons. The van der Waals surface area contributed by atoms with Gasteiger partial charge in [0.2, 0.25) is 0 Å². The topological polar surface area (TPSA) is 41.9 Å². The number of thiol groups is 1. The Kier molecular flexibility index (Phi) is 5.56. The fraction of sp³-hybridized carbons (Fsp3) is 0.333. The highest BCUT2D eigenvalue weighted by Gasteiger charge is 2.08. The SMILES string of the molecule is CCC=NC(=O)N(S)Cc1cccc(OC)c1. The lowest BCUT2D eigenvalue weighted by atomic mass is 10.2. The Balaban J connectivity index is 2.63. The minimum absolute atomic E-state index is 0.363. The first-order chi connectivity index (χ1) is 8.17. The van der Waals surface area contributed by atoms with E-state index >= 15 is 0 Å². The fourth-order valence-electron chi connectivity index (χ4n) is 1.25. The second-order valence-corrected chi connectivity index (χ2v) is 3.89. The molecule has 0 N–H and O–H groups in total. The maximum absolute atomic E-state index is 11.5. The zero-order chi connectivity index (χ0) is 12.7. The molecule has 0 saturated heterocycles. The number of amides is 2. The Morgan fingerprint density at radius 3 is 3.00 bits per heavy atom. The van der Waals surface area contributed by atoms with E-state index in [9.17, 15) is 4.79 Å². The van der Waals surface area contributed by atoms with E-state index in [2.05, 4.69) is 17.8 Å². The first-order valence-corrected chi connectivity index (χ1v) is 5.73. The molecular weight excluding hydrogens is 236 g/mol. The number of aliphatic imine (C=N–C) groups is 1. The van der Waals surface area contributed by atoms with Crippen LogP contribution in [0.3, 0.4) is 0 Å². The van der Waals surface area contributed by atoms with E-state index in [1.165, 1.54) is 4.31 Å². The average molecular weight is 252 g/mol. The van der Waals surface area contributed by atoms with Crippen molar-refractivity contribution in [1.29, 1.82) is 0 Å². The normalized spacial score (nSPS) is 10.5. The van der Waals surface area contributed by atoms with E-state index in [4.69, 9.17) is 4.74 Å². The van der Waals surface area contributed by atoms with Crippen molar-refractivity contribution in [3.05, 3.63) is 29.8 Å². The van der Waals surface area contributed by atoms with Gasteiger partial charge >= 0.3 is 6.03 Å². The van der Waals surface area contributed by atoms with Gasteiger partial charge in [-0.15, -0.1) is 0 Å². The molecular formula is C12H16N2O2S. The number of hydrogen-bond acceptors (Lipinski definition) is 3.